The molecule has 0 aromatic heterocycles. The van der Waals surface area contributed by atoms with E-state index in [9.17, 15) is 0 Å². The maximum absolute atomic E-state index is 2.44. The first-order valence-electron chi connectivity index (χ1n) is 6.95. The quantitative estimate of drug-likeness (QED) is 0.486. The Hall–Kier alpha value is 0. The molecular weight excluding hydrogens is 180 g/mol. The first-order chi connectivity index (χ1) is 6.95. The first kappa shape index (κ1) is 15.0. The van der Waals surface area contributed by atoms with Gasteiger partial charge in [-0.2, -0.15) is 0 Å². The topological polar surface area (TPSA) is 0 Å². The average molecular weight is 212 g/mol. The zero-order valence-electron chi connectivity index (χ0n) is 11.9. The molecule has 0 N–H and O–H groups in total. The van der Waals surface area contributed by atoms with E-state index in [1.54, 1.807) is 0 Å². The third-order valence-corrected chi connectivity index (χ3v) is 3.72. The molecule has 15 heavy (non-hydrogen) atoms. The summed E-state index contributed by atoms with van der Waals surface area (Å²) in [7, 11) is 0. The van der Waals surface area contributed by atoms with Crippen LogP contribution in [0.15, 0.2) is 0 Å². The average Bonchev–Trinajstić information content (AvgIpc) is 2.13. The van der Waals surface area contributed by atoms with E-state index in [2.05, 4.69) is 41.5 Å². The van der Waals surface area contributed by atoms with Crippen LogP contribution in [0.4, 0.5) is 0 Å². The summed E-state index contributed by atoms with van der Waals surface area (Å²) in [5.74, 6) is 1.86. The molecule has 0 saturated carbocycles. The highest BCUT2D eigenvalue weighted by molar-refractivity contribution is 4.72. The summed E-state index contributed by atoms with van der Waals surface area (Å²) in [6.07, 6.45) is 8.24. The molecule has 0 saturated heterocycles. The Morgan fingerprint density at radius 1 is 1.00 bits per heavy atom. The number of rotatable bonds is 8. The minimum atomic E-state index is 0.556. The molecule has 0 aromatic carbocycles. The molecule has 0 heterocycles. The van der Waals surface area contributed by atoms with Crippen molar-refractivity contribution in [1.29, 1.82) is 0 Å². The van der Waals surface area contributed by atoms with Crippen LogP contribution in [0.1, 0.15) is 80.1 Å². The summed E-state index contributed by atoms with van der Waals surface area (Å²) in [6.45, 7) is 14.3. The van der Waals surface area contributed by atoms with Gasteiger partial charge in [-0.1, -0.05) is 60.8 Å². The van der Waals surface area contributed by atoms with Gasteiger partial charge in [0.25, 0.3) is 0 Å². The van der Waals surface area contributed by atoms with Crippen LogP contribution in [0, 0.1) is 17.3 Å². The molecule has 0 nitrogen and oxygen atoms in total. The fourth-order valence-corrected chi connectivity index (χ4v) is 3.00. The van der Waals surface area contributed by atoms with Crippen molar-refractivity contribution in [1.82, 2.24) is 0 Å². The van der Waals surface area contributed by atoms with E-state index in [-0.39, 0.29) is 0 Å². The lowest BCUT2D eigenvalue weighted by atomic mass is 9.77. The van der Waals surface area contributed by atoms with Gasteiger partial charge in [0.05, 0.1) is 0 Å². The Kier molecular flexibility index (Phi) is 7.30. The summed E-state index contributed by atoms with van der Waals surface area (Å²) in [5.41, 5.74) is 0.556. The lowest BCUT2D eigenvalue weighted by Gasteiger charge is -2.29. The Bertz CT molecular complexity index is 142. The maximum atomic E-state index is 2.44. The smallest absolute Gasteiger partial charge is 0.0352 e. The highest BCUT2D eigenvalue weighted by Gasteiger charge is 2.21. The molecule has 0 radical (unpaired) electrons. The van der Waals surface area contributed by atoms with Crippen LogP contribution in [0.25, 0.3) is 0 Å². The van der Waals surface area contributed by atoms with Crippen molar-refractivity contribution in [3.05, 3.63) is 0 Å². The number of hydrogen-bond donors (Lipinski definition) is 0. The van der Waals surface area contributed by atoms with Gasteiger partial charge in [-0.05, 0) is 36.5 Å². The van der Waals surface area contributed by atoms with Crippen molar-refractivity contribution in [3.8, 4) is 0 Å². The second-order valence-corrected chi connectivity index (χ2v) is 6.14. The molecule has 0 rings (SSSR count). The van der Waals surface area contributed by atoms with Crippen LogP contribution >= 0.6 is 0 Å². The molecule has 0 aliphatic rings. The normalized spacial score (nSPS) is 14.6. The van der Waals surface area contributed by atoms with E-state index in [0.717, 1.165) is 11.8 Å². The van der Waals surface area contributed by atoms with Crippen molar-refractivity contribution in [2.45, 2.75) is 80.1 Å². The zero-order chi connectivity index (χ0) is 11.9. The lowest BCUT2D eigenvalue weighted by Crippen LogP contribution is -2.17. The monoisotopic (exact) mass is 212 g/mol. The van der Waals surface area contributed by atoms with Gasteiger partial charge >= 0.3 is 0 Å². The van der Waals surface area contributed by atoms with Gasteiger partial charge in [0.15, 0.2) is 0 Å². The van der Waals surface area contributed by atoms with Crippen molar-refractivity contribution >= 4 is 0 Å². The van der Waals surface area contributed by atoms with Gasteiger partial charge in [0.2, 0.25) is 0 Å². The van der Waals surface area contributed by atoms with Crippen LogP contribution in [0.5, 0.6) is 0 Å². The van der Waals surface area contributed by atoms with E-state index >= 15 is 0 Å². The third-order valence-electron chi connectivity index (χ3n) is 3.72. The standard InChI is InChI=1S/C15H32/c1-7-10-15(5,6)12-13(4)11-14(8-2)9-3/h13-14H,7-12H2,1-6H3. The van der Waals surface area contributed by atoms with Gasteiger partial charge in [-0.3, -0.25) is 0 Å². The van der Waals surface area contributed by atoms with Crippen LogP contribution in [-0.2, 0) is 0 Å². The van der Waals surface area contributed by atoms with Gasteiger partial charge in [-0.25, -0.2) is 0 Å². The zero-order valence-corrected chi connectivity index (χ0v) is 11.9. The highest BCUT2D eigenvalue weighted by Crippen LogP contribution is 2.33. The van der Waals surface area contributed by atoms with E-state index < -0.39 is 0 Å². The predicted molar refractivity (Wildman–Crippen MR) is 71.2 cm³/mol. The first-order valence-corrected chi connectivity index (χ1v) is 6.95. The Balaban J connectivity index is 3.95. The van der Waals surface area contributed by atoms with E-state index in [4.69, 9.17) is 0 Å². The molecule has 0 heteroatoms. The Morgan fingerprint density at radius 2 is 1.53 bits per heavy atom. The van der Waals surface area contributed by atoms with E-state index in [0.29, 0.717) is 5.41 Å². The van der Waals surface area contributed by atoms with Crippen molar-refractivity contribution in [2.24, 2.45) is 17.3 Å². The second-order valence-electron chi connectivity index (χ2n) is 6.14. The SMILES string of the molecule is CCCC(C)(C)CC(C)CC(CC)CC. The van der Waals surface area contributed by atoms with Crippen LogP contribution in [0.3, 0.4) is 0 Å². The van der Waals surface area contributed by atoms with Crippen LogP contribution < -0.4 is 0 Å². The Labute approximate surface area is 97.8 Å². The Morgan fingerprint density at radius 3 is 1.93 bits per heavy atom. The van der Waals surface area contributed by atoms with Gasteiger partial charge in [0, 0.05) is 0 Å². The van der Waals surface area contributed by atoms with Gasteiger partial charge in [-0.15, -0.1) is 0 Å². The fraction of sp³-hybridized carbons (Fsp3) is 1.00. The molecule has 92 valence electrons. The largest absolute Gasteiger partial charge is 0.0654 e. The second kappa shape index (κ2) is 7.30. The molecule has 0 aliphatic carbocycles. The molecule has 0 fully saturated rings. The fourth-order valence-electron chi connectivity index (χ4n) is 3.00. The van der Waals surface area contributed by atoms with Crippen LogP contribution in [-0.4, -0.2) is 0 Å². The lowest BCUT2D eigenvalue weighted by molar-refractivity contribution is 0.226. The van der Waals surface area contributed by atoms with Crippen molar-refractivity contribution in [2.75, 3.05) is 0 Å². The summed E-state index contributed by atoms with van der Waals surface area (Å²) in [6, 6.07) is 0. The van der Waals surface area contributed by atoms with Crippen LogP contribution in [0.2, 0.25) is 0 Å². The summed E-state index contributed by atoms with van der Waals surface area (Å²) < 4.78 is 0. The van der Waals surface area contributed by atoms with Crippen molar-refractivity contribution in [3.63, 3.8) is 0 Å². The summed E-state index contributed by atoms with van der Waals surface area (Å²) in [5, 5.41) is 0. The third kappa shape index (κ3) is 6.98. The van der Waals surface area contributed by atoms with Gasteiger partial charge in [0.1, 0.15) is 0 Å². The summed E-state index contributed by atoms with van der Waals surface area (Å²) in [4.78, 5) is 0. The highest BCUT2D eigenvalue weighted by atomic mass is 14.3. The van der Waals surface area contributed by atoms with E-state index in [1.165, 1.54) is 38.5 Å². The molecular formula is C15H32. The molecule has 1 atom stereocenters. The van der Waals surface area contributed by atoms with Gasteiger partial charge < -0.3 is 0 Å². The van der Waals surface area contributed by atoms with E-state index in [1.807, 2.05) is 0 Å². The molecule has 0 aliphatic heterocycles. The number of hydrogen-bond acceptors (Lipinski definition) is 0. The molecule has 0 spiro atoms. The summed E-state index contributed by atoms with van der Waals surface area (Å²) >= 11 is 0. The molecule has 0 aromatic rings. The minimum Gasteiger partial charge on any atom is -0.0654 e. The minimum absolute atomic E-state index is 0.556. The molecule has 0 bridgehead atoms. The molecule has 0 amide bonds. The van der Waals surface area contributed by atoms with Crippen molar-refractivity contribution < 1.29 is 0 Å². The molecule has 1 unspecified atom stereocenters. The maximum Gasteiger partial charge on any atom is -0.0352 e. The predicted octanol–water partition coefficient (Wildman–Crippen LogP) is 5.67.